The number of benzene rings is 2. The number of ether oxygens (including phenoxy) is 2. The number of amides is 2. The lowest BCUT2D eigenvalue weighted by atomic mass is 9.85. The van der Waals surface area contributed by atoms with Crippen molar-refractivity contribution in [1.82, 2.24) is 10.3 Å². The molecule has 2 aromatic carbocycles. The van der Waals surface area contributed by atoms with Gasteiger partial charge < -0.3 is 24.5 Å². The Labute approximate surface area is 192 Å². The van der Waals surface area contributed by atoms with Crippen molar-refractivity contribution in [2.45, 2.75) is 32.7 Å². The molecule has 3 aromatic rings. The third-order valence-electron chi connectivity index (χ3n) is 5.85. The highest BCUT2D eigenvalue weighted by Crippen LogP contribution is 2.33. The van der Waals surface area contributed by atoms with Crippen LogP contribution in [-0.4, -0.2) is 31.0 Å². The van der Waals surface area contributed by atoms with E-state index in [0.29, 0.717) is 45.7 Å². The van der Waals surface area contributed by atoms with Crippen molar-refractivity contribution in [1.29, 1.82) is 0 Å². The largest absolute Gasteiger partial charge is 0.493 e. The van der Waals surface area contributed by atoms with E-state index in [1.165, 1.54) is 14.2 Å². The number of nitrogens with zero attached hydrogens (tertiary/aromatic N) is 1. The Balaban J connectivity index is 1.50. The summed E-state index contributed by atoms with van der Waals surface area (Å²) < 4.78 is 16.5. The SMILES string of the molecule is COc1cccc(C(=O)NCc2nc(-c3ccccc3NC(=O)C3CCC3)oc2C)c1OC. The van der Waals surface area contributed by atoms with Crippen LogP contribution in [0.2, 0.25) is 0 Å². The first-order chi connectivity index (χ1) is 16.0. The van der Waals surface area contributed by atoms with Crippen molar-refractivity contribution in [3.8, 4) is 23.0 Å². The van der Waals surface area contributed by atoms with Gasteiger partial charge in [-0.15, -0.1) is 0 Å². The smallest absolute Gasteiger partial charge is 0.255 e. The minimum atomic E-state index is -0.317. The van der Waals surface area contributed by atoms with Gasteiger partial charge in [0, 0.05) is 5.92 Å². The van der Waals surface area contributed by atoms with E-state index in [0.717, 1.165) is 19.3 Å². The fourth-order valence-corrected chi connectivity index (χ4v) is 3.72. The van der Waals surface area contributed by atoms with E-state index in [4.69, 9.17) is 13.9 Å². The molecule has 8 heteroatoms. The zero-order valence-corrected chi connectivity index (χ0v) is 18.9. The number of aryl methyl sites for hydroxylation is 1. The number of anilines is 1. The van der Waals surface area contributed by atoms with Crippen LogP contribution in [0.1, 0.15) is 41.1 Å². The van der Waals surface area contributed by atoms with Crippen LogP contribution in [0.5, 0.6) is 11.5 Å². The van der Waals surface area contributed by atoms with E-state index in [-0.39, 0.29) is 24.3 Å². The Morgan fingerprint density at radius 3 is 2.58 bits per heavy atom. The second kappa shape index (κ2) is 9.77. The first-order valence-corrected chi connectivity index (χ1v) is 10.9. The Kier molecular flexibility index (Phi) is 6.63. The van der Waals surface area contributed by atoms with Gasteiger partial charge in [-0.25, -0.2) is 4.98 Å². The quantitative estimate of drug-likeness (QED) is 0.530. The third kappa shape index (κ3) is 4.69. The molecule has 2 N–H and O–H groups in total. The number of para-hydroxylation sites is 2. The molecule has 8 nitrogen and oxygen atoms in total. The molecule has 1 aromatic heterocycles. The van der Waals surface area contributed by atoms with E-state index < -0.39 is 0 Å². The second-order valence-corrected chi connectivity index (χ2v) is 7.91. The topological polar surface area (TPSA) is 103 Å². The van der Waals surface area contributed by atoms with Gasteiger partial charge in [-0.3, -0.25) is 9.59 Å². The van der Waals surface area contributed by atoms with E-state index in [1.807, 2.05) is 24.3 Å². The number of oxazole rings is 1. The van der Waals surface area contributed by atoms with Gasteiger partial charge in [-0.1, -0.05) is 24.6 Å². The van der Waals surface area contributed by atoms with Crippen LogP contribution < -0.4 is 20.1 Å². The summed E-state index contributed by atoms with van der Waals surface area (Å²) in [6.07, 6.45) is 2.94. The van der Waals surface area contributed by atoms with Gasteiger partial charge >= 0.3 is 0 Å². The maximum atomic E-state index is 12.8. The summed E-state index contributed by atoms with van der Waals surface area (Å²) in [6, 6.07) is 12.5. The number of rotatable bonds is 8. The number of nitrogens with one attached hydrogen (secondary N) is 2. The fraction of sp³-hybridized carbons (Fsp3) is 0.320. The molecule has 1 aliphatic rings. The number of carbonyl (C=O) groups is 2. The molecule has 0 saturated heterocycles. The molecule has 1 fully saturated rings. The number of methoxy groups -OCH3 is 2. The van der Waals surface area contributed by atoms with Crippen LogP contribution in [-0.2, 0) is 11.3 Å². The summed E-state index contributed by atoms with van der Waals surface area (Å²) in [4.78, 5) is 29.8. The molecule has 0 atom stereocenters. The lowest BCUT2D eigenvalue weighted by Crippen LogP contribution is -2.28. The summed E-state index contributed by atoms with van der Waals surface area (Å²) >= 11 is 0. The molecule has 0 radical (unpaired) electrons. The average Bonchev–Trinajstić information content (AvgIpc) is 3.16. The van der Waals surface area contributed by atoms with Gasteiger partial charge in [0.25, 0.3) is 5.91 Å². The standard InChI is InChI=1S/C25H27N3O5/c1-15-20(14-26-24(30)18-11-7-13-21(31-2)22(18)32-3)28-25(33-15)17-10-4-5-12-19(17)27-23(29)16-8-6-9-16/h4-5,7,10-13,16H,6,8-9,14H2,1-3H3,(H,26,30)(H,27,29). The Hall–Kier alpha value is -3.81. The lowest BCUT2D eigenvalue weighted by molar-refractivity contribution is -0.122. The maximum absolute atomic E-state index is 12.8. The predicted molar refractivity (Wildman–Crippen MR) is 123 cm³/mol. The van der Waals surface area contributed by atoms with Crippen LogP contribution in [0.4, 0.5) is 5.69 Å². The number of aromatic nitrogens is 1. The predicted octanol–water partition coefficient (Wildman–Crippen LogP) is 4.34. The van der Waals surface area contributed by atoms with Crippen molar-refractivity contribution >= 4 is 17.5 Å². The summed E-state index contributed by atoms with van der Waals surface area (Å²) in [5.74, 6) is 1.60. The van der Waals surface area contributed by atoms with E-state index in [9.17, 15) is 9.59 Å². The summed E-state index contributed by atoms with van der Waals surface area (Å²) in [7, 11) is 3.01. The zero-order valence-electron chi connectivity index (χ0n) is 18.9. The highest BCUT2D eigenvalue weighted by atomic mass is 16.5. The maximum Gasteiger partial charge on any atom is 0.255 e. The molecule has 0 spiro atoms. The molecule has 1 saturated carbocycles. The van der Waals surface area contributed by atoms with Crippen LogP contribution in [0.15, 0.2) is 46.9 Å². The van der Waals surface area contributed by atoms with Gasteiger partial charge in [0.15, 0.2) is 11.5 Å². The number of carbonyl (C=O) groups excluding carboxylic acids is 2. The normalized spacial score (nSPS) is 13.2. The summed E-state index contributed by atoms with van der Waals surface area (Å²) in [6.45, 7) is 1.96. The lowest BCUT2D eigenvalue weighted by Gasteiger charge is -2.24. The molecule has 0 unspecified atom stereocenters. The molecule has 33 heavy (non-hydrogen) atoms. The first-order valence-electron chi connectivity index (χ1n) is 10.9. The highest BCUT2D eigenvalue weighted by molar-refractivity contribution is 5.98. The van der Waals surface area contributed by atoms with Crippen LogP contribution in [0, 0.1) is 12.8 Å². The van der Waals surface area contributed by atoms with Crippen LogP contribution in [0.3, 0.4) is 0 Å². The van der Waals surface area contributed by atoms with Crippen molar-refractivity contribution in [3.63, 3.8) is 0 Å². The fourth-order valence-electron chi connectivity index (χ4n) is 3.72. The van der Waals surface area contributed by atoms with Crippen molar-refractivity contribution in [3.05, 3.63) is 59.5 Å². The van der Waals surface area contributed by atoms with Crippen LogP contribution >= 0.6 is 0 Å². The minimum absolute atomic E-state index is 0.0247. The van der Waals surface area contributed by atoms with Crippen molar-refractivity contribution in [2.24, 2.45) is 5.92 Å². The van der Waals surface area contributed by atoms with Gasteiger partial charge in [0.2, 0.25) is 11.8 Å². The third-order valence-corrected chi connectivity index (χ3v) is 5.85. The van der Waals surface area contributed by atoms with Gasteiger partial charge in [-0.05, 0) is 44.0 Å². The van der Waals surface area contributed by atoms with Gasteiger partial charge in [0.1, 0.15) is 11.5 Å². The van der Waals surface area contributed by atoms with Gasteiger partial charge in [-0.2, -0.15) is 0 Å². The molecule has 0 aliphatic heterocycles. The molecule has 0 bridgehead atoms. The molecular formula is C25H27N3O5. The molecule has 1 heterocycles. The monoisotopic (exact) mass is 449 g/mol. The van der Waals surface area contributed by atoms with Crippen molar-refractivity contribution < 1.29 is 23.5 Å². The molecule has 172 valence electrons. The Bertz CT molecular complexity index is 1170. The zero-order chi connectivity index (χ0) is 23.4. The number of hydrogen-bond donors (Lipinski definition) is 2. The molecule has 1 aliphatic carbocycles. The molecule has 2 amide bonds. The van der Waals surface area contributed by atoms with Gasteiger partial charge in [0.05, 0.1) is 37.6 Å². The molecular weight excluding hydrogens is 422 g/mol. The highest BCUT2D eigenvalue weighted by Gasteiger charge is 2.26. The summed E-state index contributed by atoms with van der Waals surface area (Å²) in [5.41, 5.74) is 2.32. The van der Waals surface area contributed by atoms with E-state index in [2.05, 4.69) is 15.6 Å². The Morgan fingerprint density at radius 1 is 1.09 bits per heavy atom. The van der Waals surface area contributed by atoms with E-state index >= 15 is 0 Å². The number of hydrogen-bond acceptors (Lipinski definition) is 6. The molecule has 4 rings (SSSR count). The Morgan fingerprint density at radius 2 is 1.88 bits per heavy atom. The first kappa shape index (κ1) is 22.4. The minimum Gasteiger partial charge on any atom is -0.493 e. The van der Waals surface area contributed by atoms with E-state index in [1.54, 1.807) is 25.1 Å². The second-order valence-electron chi connectivity index (χ2n) is 7.91. The van der Waals surface area contributed by atoms with Crippen molar-refractivity contribution in [2.75, 3.05) is 19.5 Å². The average molecular weight is 450 g/mol. The summed E-state index contributed by atoms with van der Waals surface area (Å²) in [5, 5.41) is 5.86. The van der Waals surface area contributed by atoms with Crippen LogP contribution in [0.25, 0.3) is 11.5 Å².